The quantitative estimate of drug-likeness (QED) is 0.120. The molecule has 3 aliphatic rings. The molecule has 2 aromatic carbocycles. The lowest BCUT2D eigenvalue weighted by Crippen LogP contribution is -2.56. The van der Waals surface area contributed by atoms with E-state index in [1.165, 1.54) is 0 Å². The molecule has 3 aliphatic heterocycles. The van der Waals surface area contributed by atoms with E-state index in [2.05, 4.69) is 18.5 Å². The van der Waals surface area contributed by atoms with Gasteiger partial charge in [0.2, 0.25) is 11.8 Å². The number of nitrogens with zero attached hydrogens (tertiary/aromatic N) is 2. The molecule has 3 fully saturated rings. The lowest BCUT2D eigenvalue weighted by molar-refractivity contribution is -0.162. The lowest BCUT2D eigenvalue weighted by atomic mass is 9.70. The molecule has 3 amide bonds. The average molecular weight is 700 g/mol. The van der Waals surface area contributed by atoms with E-state index in [9.17, 15) is 24.3 Å². The van der Waals surface area contributed by atoms with Gasteiger partial charge in [0.25, 0.3) is 5.91 Å². The fraction of sp³-hybridized carbons (Fsp3) is 0.512. The molecule has 3 saturated heterocycles. The van der Waals surface area contributed by atoms with Crippen LogP contribution < -0.4 is 10.2 Å². The van der Waals surface area contributed by atoms with E-state index in [0.717, 1.165) is 29.7 Å². The van der Waals surface area contributed by atoms with E-state index in [0.29, 0.717) is 44.2 Å². The average Bonchev–Trinajstić information content (AvgIpc) is 3.77. The number of hydrogen-bond acceptors (Lipinski definition) is 7. The van der Waals surface area contributed by atoms with Gasteiger partial charge in [0.15, 0.2) is 0 Å². The van der Waals surface area contributed by atoms with Gasteiger partial charge in [-0.15, -0.1) is 13.2 Å². The zero-order chi connectivity index (χ0) is 36.7. The smallest absolute Gasteiger partial charge is 0.313 e. The number of rotatable bonds is 18. The van der Waals surface area contributed by atoms with Gasteiger partial charge in [0, 0.05) is 31.8 Å². The molecule has 0 aliphatic carbocycles. The number of anilines is 1. The number of amides is 3. The molecule has 0 aromatic heterocycles. The molecule has 2 N–H and O–H groups in total. The number of carbonyl (C=O) groups is 4. The van der Waals surface area contributed by atoms with Crippen LogP contribution in [0.25, 0.3) is 0 Å². The number of aliphatic hydroxyl groups is 1. The summed E-state index contributed by atoms with van der Waals surface area (Å²) in [6, 6.07) is 13.7. The van der Waals surface area contributed by atoms with Crippen molar-refractivity contribution in [1.82, 2.24) is 10.2 Å². The number of fused-ring (bicyclic) bond motifs is 1. The van der Waals surface area contributed by atoms with E-state index in [-0.39, 0.29) is 37.3 Å². The van der Waals surface area contributed by atoms with Crippen LogP contribution in [0.5, 0.6) is 0 Å². The second-order valence-corrected chi connectivity index (χ2v) is 14.2. The summed E-state index contributed by atoms with van der Waals surface area (Å²) in [6.07, 6.45) is 6.59. The summed E-state index contributed by atoms with van der Waals surface area (Å²) in [6.45, 7) is 14.0. The zero-order valence-corrected chi connectivity index (χ0v) is 30.2. The molecule has 2 bridgehead atoms. The minimum atomic E-state index is -1.20. The van der Waals surface area contributed by atoms with Crippen LogP contribution in [0.2, 0.25) is 0 Å². The summed E-state index contributed by atoms with van der Waals surface area (Å²) in [4.78, 5) is 60.0. The first kappa shape index (κ1) is 38.0. The molecule has 7 atom stereocenters. The van der Waals surface area contributed by atoms with Gasteiger partial charge in [0.05, 0.1) is 24.0 Å². The third-order valence-corrected chi connectivity index (χ3v) is 10.6. The first-order valence-electron chi connectivity index (χ1n) is 18.3. The highest BCUT2D eigenvalue weighted by atomic mass is 16.6. The van der Waals surface area contributed by atoms with Crippen molar-refractivity contribution >= 4 is 29.4 Å². The molecule has 0 radical (unpaired) electrons. The van der Waals surface area contributed by atoms with Gasteiger partial charge < -0.3 is 29.7 Å². The Morgan fingerprint density at radius 1 is 1.10 bits per heavy atom. The van der Waals surface area contributed by atoms with Crippen molar-refractivity contribution in [2.45, 2.75) is 102 Å². The maximum absolute atomic E-state index is 14.9. The number of aryl methyl sites for hydroxylation is 2. The minimum absolute atomic E-state index is 0.0986. The molecular formula is C41H53N3O7. The first-order valence-corrected chi connectivity index (χ1v) is 18.3. The number of allylic oxidation sites excluding steroid dienone is 1. The fourth-order valence-electron chi connectivity index (χ4n) is 8.22. The Labute approximate surface area is 301 Å². The largest absolute Gasteiger partial charge is 0.455 e. The van der Waals surface area contributed by atoms with Crippen molar-refractivity contribution in [3.05, 3.63) is 90.5 Å². The van der Waals surface area contributed by atoms with Gasteiger partial charge in [-0.05, 0) is 75.6 Å². The molecular weight excluding hydrogens is 646 g/mol. The van der Waals surface area contributed by atoms with Crippen LogP contribution >= 0.6 is 0 Å². The molecule has 51 heavy (non-hydrogen) atoms. The van der Waals surface area contributed by atoms with Crippen LogP contribution in [0.15, 0.2) is 73.8 Å². The summed E-state index contributed by atoms with van der Waals surface area (Å²) in [7, 11) is 0. The highest BCUT2D eigenvalue weighted by Crippen LogP contribution is 2.59. The van der Waals surface area contributed by atoms with Crippen LogP contribution in [0.3, 0.4) is 0 Å². The van der Waals surface area contributed by atoms with Crippen LogP contribution in [-0.2, 0) is 28.7 Å². The predicted molar refractivity (Wildman–Crippen MR) is 196 cm³/mol. The molecule has 0 saturated carbocycles. The first-order chi connectivity index (χ1) is 24.6. The molecule has 10 nitrogen and oxygen atoms in total. The maximum Gasteiger partial charge on any atom is 0.313 e. The van der Waals surface area contributed by atoms with Crippen LogP contribution in [-0.4, -0.2) is 77.2 Å². The number of unbranched alkanes of at least 4 members (excludes halogenated alkanes) is 3. The predicted octanol–water partition coefficient (Wildman–Crippen LogP) is 5.51. The maximum atomic E-state index is 14.9. The van der Waals surface area contributed by atoms with E-state index in [1.54, 1.807) is 28.9 Å². The SMILES string of the molecule is C=CCCC(=O)N[C@H](C)[C@@H](OC(=O)[C@@H]1[C@@H]2CC[C@]3(O2)[C@H](C(=O)N(CC=C)c2cc(C)ccc2C)N(CCCCCCO)C(=O)[C@@H]13)c1ccccc1. The highest BCUT2D eigenvalue weighted by molar-refractivity contribution is 6.05. The highest BCUT2D eigenvalue weighted by Gasteiger charge is 2.75. The summed E-state index contributed by atoms with van der Waals surface area (Å²) >= 11 is 0. The monoisotopic (exact) mass is 699 g/mol. The lowest BCUT2D eigenvalue weighted by Gasteiger charge is -2.37. The topological polar surface area (TPSA) is 125 Å². The molecule has 0 unspecified atom stereocenters. The van der Waals surface area contributed by atoms with Crippen molar-refractivity contribution in [2.75, 3.05) is 24.6 Å². The van der Waals surface area contributed by atoms with E-state index in [4.69, 9.17) is 9.47 Å². The van der Waals surface area contributed by atoms with Crippen molar-refractivity contribution in [1.29, 1.82) is 0 Å². The van der Waals surface area contributed by atoms with E-state index in [1.807, 2.05) is 62.4 Å². The molecule has 2 aromatic rings. The number of ether oxygens (including phenoxy) is 2. The number of aliphatic hydroxyl groups excluding tert-OH is 1. The van der Waals surface area contributed by atoms with Crippen molar-refractivity contribution in [3.8, 4) is 0 Å². The van der Waals surface area contributed by atoms with E-state index < -0.39 is 47.7 Å². The zero-order valence-electron chi connectivity index (χ0n) is 30.2. The minimum Gasteiger partial charge on any atom is -0.455 e. The molecule has 3 heterocycles. The van der Waals surface area contributed by atoms with Gasteiger partial charge in [-0.1, -0.05) is 67.5 Å². The van der Waals surface area contributed by atoms with Crippen molar-refractivity contribution in [2.24, 2.45) is 11.8 Å². The number of nitrogens with one attached hydrogen (secondary N) is 1. The third kappa shape index (κ3) is 7.82. The number of carbonyl (C=O) groups excluding carboxylic acids is 4. The number of esters is 1. The fourth-order valence-corrected chi connectivity index (χ4v) is 8.22. The normalized spacial score (nSPS) is 24.5. The molecule has 5 rings (SSSR count). The Morgan fingerprint density at radius 2 is 1.84 bits per heavy atom. The molecule has 10 heteroatoms. The third-order valence-electron chi connectivity index (χ3n) is 10.6. The van der Waals surface area contributed by atoms with Gasteiger partial charge in [0.1, 0.15) is 17.7 Å². The summed E-state index contributed by atoms with van der Waals surface area (Å²) in [5, 5.41) is 12.3. The summed E-state index contributed by atoms with van der Waals surface area (Å²) in [5.41, 5.74) is 2.17. The Kier molecular flexibility index (Phi) is 12.5. The van der Waals surface area contributed by atoms with Gasteiger partial charge in [-0.3, -0.25) is 19.2 Å². The summed E-state index contributed by atoms with van der Waals surface area (Å²) in [5.74, 6) is -3.10. The van der Waals surface area contributed by atoms with Crippen molar-refractivity contribution < 1.29 is 33.8 Å². The second-order valence-electron chi connectivity index (χ2n) is 14.2. The number of likely N-dealkylation sites (tertiary alicyclic amines) is 1. The Hall–Kier alpha value is -4.28. The second kappa shape index (κ2) is 16.8. The van der Waals surface area contributed by atoms with Gasteiger partial charge in [-0.2, -0.15) is 0 Å². The molecule has 1 spiro atoms. The Morgan fingerprint density at radius 3 is 2.55 bits per heavy atom. The van der Waals surface area contributed by atoms with E-state index >= 15 is 0 Å². The Bertz CT molecular complexity index is 1590. The van der Waals surface area contributed by atoms with Gasteiger partial charge in [-0.25, -0.2) is 0 Å². The standard InChI is InChI=1S/C41H53N3O7/c1-6-8-18-33(46)42-29(5)36(30-16-12-11-13-17-30)50-40(49)34-32-21-22-41(51-32)35(34)38(47)44(24-14-9-10-15-25-45)37(41)39(48)43(23-7-2)31-26-27(3)19-20-28(31)4/h6-7,11-13,16-17,19-20,26,29,32,34-37,45H,1-2,8-10,14-15,18,21-25H2,3-5H3,(H,42,46)/t29-,32+,34-,35-,36-,37+,41-/m1/s1. The number of benzene rings is 2. The molecule has 274 valence electrons. The Balaban J connectivity index is 1.48. The van der Waals surface area contributed by atoms with Crippen LogP contribution in [0.4, 0.5) is 5.69 Å². The van der Waals surface area contributed by atoms with Crippen LogP contribution in [0.1, 0.15) is 81.1 Å². The van der Waals surface area contributed by atoms with Crippen LogP contribution in [0, 0.1) is 25.7 Å². The van der Waals surface area contributed by atoms with Crippen molar-refractivity contribution in [3.63, 3.8) is 0 Å². The number of hydrogen-bond donors (Lipinski definition) is 2. The van der Waals surface area contributed by atoms with Gasteiger partial charge >= 0.3 is 5.97 Å². The summed E-state index contributed by atoms with van der Waals surface area (Å²) < 4.78 is 13.0.